The maximum absolute atomic E-state index is 11.9. The number of carbonyl (C=O) groups is 2. The SMILES string of the molecule is CNC(=O)C[NH2+][C@H](C)C(=O)Nc1cc(Cl)ccc1Cl. The van der Waals surface area contributed by atoms with Crippen LogP contribution in [0.25, 0.3) is 0 Å². The summed E-state index contributed by atoms with van der Waals surface area (Å²) in [6.07, 6.45) is 0. The van der Waals surface area contributed by atoms with E-state index in [2.05, 4.69) is 10.6 Å². The van der Waals surface area contributed by atoms with Crippen molar-refractivity contribution in [2.24, 2.45) is 0 Å². The monoisotopic (exact) mass is 304 g/mol. The summed E-state index contributed by atoms with van der Waals surface area (Å²) in [5.74, 6) is -0.381. The third-order valence-corrected chi connectivity index (χ3v) is 3.10. The van der Waals surface area contributed by atoms with Gasteiger partial charge < -0.3 is 16.0 Å². The molecule has 0 aliphatic carbocycles. The third-order valence-electron chi connectivity index (χ3n) is 2.54. The number of rotatable bonds is 5. The zero-order valence-electron chi connectivity index (χ0n) is 10.7. The highest BCUT2D eigenvalue weighted by Gasteiger charge is 2.18. The molecule has 0 saturated carbocycles. The van der Waals surface area contributed by atoms with Crippen LogP contribution >= 0.6 is 23.2 Å². The van der Waals surface area contributed by atoms with Crippen LogP contribution in [0.2, 0.25) is 10.0 Å². The van der Waals surface area contributed by atoms with Crippen molar-refractivity contribution in [3.05, 3.63) is 28.2 Å². The summed E-state index contributed by atoms with van der Waals surface area (Å²) in [5, 5.41) is 7.69. The van der Waals surface area contributed by atoms with Crippen molar-refractivity contribution in [1.82, 2.24) is 5.32 Å². The zero-order valence-corrected chi connectivity index (χ0v) is 12.2. The Balaban J connectivity index is 2.58. The predicted molar refractivity (Wildman–Crippen MR) is 75.4 cm³/mol. The van der Waals surface area contributed by atoms with Gasteiger partial charge in [-0.1, -0.05) is 23.2 Å². The first kappa shape index (κ1) is 15.8. The number of amides is 2. The Morgan fingerprint density at radius 1 is 1.37 bits per heavy atom. The second-order valence-corrected chi connectivity index (χ2v) is 4.86. The molecule has 1 aromatic carbocycles. The highest BCUT2D eigenvalue weighted by Crippen LogP contribution is 2.25. The van der Waals surface area contributed by atoms with Gasteiger partial charge in [-0.05, 0) is 25.1 Å². The van der Waals surface area contributed by atoms with Gasteiger partial charge in [0.05, 0.1) is 10.7 Å². The van der Waals surface area contributed by atoms with Crippen LogP contribution in [-0.4, -0.2) is 31.4 Å². The summed E-state index contributed by atoms with van der Waals surface area (Å²) >= 11 is 11.8. The summed E-state index contributed by atoms with van der Waals surface area (Å²) in [7, 11) is 1.55. The van der Waals surface area contributed by atoms with Gasteiger partial charge in [-0.2, -0.15) is 0 Å². The van der Waals surface area contributed by atoms with Crippen molar-refractivity contribution in [1.29, 1.82) is 0 Å². The number of halogens is 2. The molecule has 0 heterocycles. The predicted octanol–water partition coefficient (Wildman–Crippen LogP) is 0.630. The van der Waals surface area contributed by atoms with Crippen molar-refractivity contribution in [2.75, 3.05) is 18.9 Å². The molecule has 0 radical (unpaired) electrons. The second-order valence-electron chi connectivity index (χ2n) is 4.02. The van der Waals surface area contributed by atoms with Crippen molar-refractivity contribution in [3.8, 4) is 0 Å². The minimum atomic E-state index is -0.410. The number of anilines is 1. The van der Waals surface area contributed by atoms with E-state index in [1.807, 2.05) is 0 Å². The lowest BCUT2D eigenvalue weighted by atomic mass is 10.2. The van der Waals surface area contributed by atoms with Crippen molar-refractivity contribution >= 4 is 40.7 Å². The molecule has 7 heteroatoms. The first-order chi connectivity index (χ1) is 8.93. The maximum Gasteiger partial charge on any atom is 0.282 e. The van der Waals surface area contributed by atoms with Gasteiger partial charge in [0.25, 0.3) is 11.8 Å². The number of hydrogen-bond donors (Lipinski definition) is 3. The smallest absolute Gasteiger partial charge is 0.282 e. The Morgan fingerprint density at radius 2 is 2.05 bits per heavy atom. The van der Waals surface area contributed by atoms with E-state index in [1.165, 1.54) is 0 Å². The average Bonchev–Trinajstić information content (AvgIpc) is 2.39. The van der Waals surface area contributed by atoms with Gasteiger partial charge in [0.15, 0.2) is 12.6 Å². The molecule has 1 aromatic rings. The highest BCUT2D eigenvalue weighted by molar-refractivity contribution is 6.35. The van der Waals surface area contributed by atoms with E-state index in [-0.39, 0.29) is 18.4 Å². The fourth-order valence-electron chi connectivity index (χ4n) is 1.33. The lowest BCUT2D eigenvalue weighted by Gasteiger charge is -2.12. The maximum atomic E-state index is 11.9. The van der Waals surface area contributed by atoms with Gasteiger partial charge in [0.1, 0.15) is 0 Å². The molecular formula is C12H16Cl2N3O2+. The summed E-state index contributed by atoms with van der Waals surface area (Å²) in [4.78, 5) is 23.0. The second kappa shape index (κ2) is 7.33. The lowest BCUT2D eigenvalue weighted by molar-refractivity contribution is -0.662. The summed E-state index contributed by atoms with van der Waals surface area (Å²) < 4.78 is 0. The molecule has 0 fully saturated rings. The molecule has 5 nitrogen and oxygen atoms in total. The lowest BCUT2D eigenvalue weighted by Crippen LogP contribution is -2.93. The van der Waals surface area contributed by atoms with Crippen molar-refractivity contribution in [3.63, 3.8) is 0 Å². The van der Waals surface area contributed by atoms with E-state index >= 15 is 0 Å². The molecule has 1 atom stereocenters. The van der Waals surface area contributed by atoms with E-state index < -0.39 is 6.04 Å². The Kier molecular flexibility index (Phi) is 6.08. The van der Waals surface area contributed by atoms with Crippen LogP contribution in [0.15, 0.2) is 18.2 Å². The van der Waals surface area contributed by atoms with Gasteiger partial charge in [-0.25, -0.2) is 0 Å². The molecule has 2 amide bonds. The van der Waals surface area contributed by atoms with Crippen LogP contribution in [-0.2, 0) is 9.59 Å². The minimum absolute atomic E-state index is 0.138. The van der Waals surface area contributed by atoms with E-state index in [4.69, 9.17) is 23.2 Å². The Morgan fingerprint density at radius 3 is 2.68 bits per heavy atom. The van der Waals surface area contributed by atoms with Crippen LogP contribution in [0.1, 0.15) is 6.92 Å². The Hall–Kier alpha value is -1.30. The summed E-state index contributed by atoms with van der Waals surface area (Å²) in [6, 6.07) is 4.42. The number of hydrogen-bond acceptors (Lipinski definition) is 2. The Bertz CT molecular complexity index is 480. The fraction of sp³-hybridized carbons (Fsp3) is 0.333. The van der Waals surface area contributed by atoms with Gasteiger partial charge in [-0.3, -0.25) is 9.59 Å². The molecule has 0 aliphatic rings. The number of likely N-dealkylation sites (N-methyl/N-ethyl adjacent to an activating group) is 1. The molecule has 0 aromatic heterocycles. The van der Waals surface area contributed by atoms with Gasteiger partial charge in [0, 0.05) is 12.1 Å². The number of nitrogens with one attached hydrogen (secondary N) is 2. The summed E-state index contributed by atoms with van der Waals surface area (Å²) in [5.41, 5.74) is 0.458. The van der Waals surface area contributed by atoms with Crippen molar-refractivity contribution < 1.29 is 14.9 Å². The molecule has 0 bridgehead atoms. The quantitative estimate of drug-likeness (QED) is 0.746. The van der Waals surface area contributed by atoms with Crippen LogP contribution in [0, 0.1) is 0 Å². The first-order valence-corrected chi connectivity index (χ1v) is 6.49. The van der Waals surface area contributed by atoms with E-state index in [9.17, 15) is 9.59 Å². The number of quaternary nitrogens is 1. The molecule has 19 heavy (non-hydrogen) atoms. The molecule has 0 spiro atoms. The molecule has 104 valence electrons. The highest BCUT2D eigenvalue weighted by atomic mass is 35.5. The summed E-state index contributed by atoms with van der Waals surface area (Å²) in [6.45, 7) is 1.89. The molecule has 0 unspecified atom stereocenters. The van der Waals surface area contributed by atoms with Gasteiger partial charge in [-0.15, -0.1) is 0 Å². The minimum Gasteiger partial charge on any atom is -0.354 e. The first-order valence-electron chi connectivity index (χ1n) is 5.74. The largest absolute Gasteiger partial charge is 0.354 e. The van der Waals surface area contributed by atoms with E-state index in [0.717, 1.165) is 0 Å². The van der Waals surface area contributed by atoms with Crippen LogP contribution < -0.4 is 16.0 Å². The molecule has 0 aliphatic heterocycles. The van der Waals surface area contributed by atoms with Crippen LogP contribution in [0.5, 0.6) is 0 Å². The van der Waals surface area contributed by atoms with Crippen LogP contribution in [0.4, 0.5) is 5.69 Å². The number of nitrogens with two attached hydrogens (primary N) is 1. The third kappa shape index (κ3) is 5.06. The average molecular weight is 305 g/mol. The van der Waals surface area contributed by atoms with E-state index in [0.29, 0.717) is 15.7 Å². The van der Waals surface area contributed by atoms with Gasteiger partial charge >= 0.3 is 0 Å². The number of carbonyl (C=O) groups excluding carboxylic acids is 2. The topological polar surface area (TPSA) is 74.8 Å². The molecule has 4 N–H and O–H groups in total. The fourth-order valence-corrected chi connectivity index (χ4v) is 1.67. The molecule has 0 saturated heterocycles. The van der Waals surface area contributed by atoms with Gasteiger partial charge in [0.2, 0.25) is 0 Å². The molecular weight excluding hydrogens is 289 g/mol. The standard InChI is InChI=1S/C12H15Cl2N3O2/c1-7(16-6-11(18)15-2)12(19)17-10-5-8(13)3-4-9(10)14/h3-5,7,16H,6H2,1-2H3,(H,15,18)(H,17,19)/p+1/t7-/m1/s1. The van der Waals surface area contributed by atoms with Crippen LogP contribution in [0.3, 0.4) is 0 Å². The number of benzene rings is 1. The van der Waals surface area contributed by atoms with E-state index in [1.54, 1.807) is 37.5 Å². The Labute approximate surface area is 121 Å². The van der Waals surface area contributed by atoms with Crippen molar-refractivity contribution in [2.45, 2.75) is 13.0 Å². The normalized spacial score (nSPS) is 11.8. The molecule has 1 rings (SSSR count). The zero-order chi connectivity index (χ0) is 14.4.